The quantitative estimate of drug-likeness (QED) is 0.0262. The number of carbonyl (C=O) groups is 3. The minimum absolute atomic E-state index is 0.106. The lowest BCUT2D eigenvalue weighted by Gasteiger charge is -2.18. The first kappa shape index (κ1) is 60.8. The van der Waals surface area contributed by atoms with Crippen LogP contribution in [0.4, 0.5) is 0 Å². The molecule has 1 unspecified atom stereocenters. The van der Waals surface area contributed by atoms with Crippen molar-refractivity contribution >= 4 is 17.9 Å². The zero-order chi connectivity index (χ0) is 47.2. The SMILES string of the molecule is CC/C=C\C/C=C\C/C=C\C/C=C\C/C=C\CCCCCCCCCCCC(=O)OCC(COC(=O)CCCCCCC)OC(=O)CCC/C=C\C/C=C\C/C=C\C/C=C\C/C=C\CC. The summed E-state index contributed by atoms with van der Waals surface area (Å²) in [4.78, 5) is 37.7. The molecule has 0 aromatic rings. The van der Waals surface area contributed by atoms with Crippen molar-refractivity contribution in [2.45, 2.75) is 219 Å². The average molecular weight is 899 g/mol. The molecule has 1 atom stereocenters. The van der Waals surface area contributed by atoms with Gasteiger partial charge in [-0.1, -0.05) is 213 Å². The van der Waals surface area contributed by atoms with Crippen LogP contribution in [0.5, 0.6) is 0 Å². The monoisotopic (exact) mass is 899 g/mol. The molecule has 6 heteroatoms. The third-order valence-electron chi connectivity index (χ3n) is 10.5. The number of unbranched alkanes of at least 4 members (excludes halogenated alkanes) is 14. The van der Waals surface area contributed by atoms with Gasteiger partial charge in [-0.25, -0.2) is 0 Å². The molecule has 65 heavy (non-hydrogen) atoms. The summed E-state index contributed by atoms with van der Waals surface area (Å²) in [6, 6.07) is 0. The topological polar surface area (TPSA) is 78.9 Å². The second-order valence-corrected chi connectivity index (χ2v) is 16.7. The fraction of sp³-hybridized carbons (Fsp3) is 0.610. The second kappa shape index (κ2) is 52.4. The number of hydrogen-bond donors (Lipinski definition) is 0. The van der Waals surface area contributed by atoms with Crippen molar-refractivity contribution in [3.05, 3.63) is 122 Å². The van der Waals surface area contributed by atoms with Crippen LogP contribution in [0.15, 0.2) is 122 Å². The van der Waals surface area contributed by atoms with Crippen LogP contribution < -0.4 is 0 Å². The van der Waals surface area contributed by atoms with Crippen LogP contribution in [0.25, 0.3) is 0 Å². The van der Waals surface area contributed by atoms with Gasteiger partial charge in [0.05, 0.1) is 0 Å². The fourth-order valence-corrected chi connectivity index (χ4v) is 6.62. The van der Waals surface area contributed by atoms with E-state index in [0.29, 0.717) is 19.3 Å². The summed E-state index contributed by atoms with van der Waals surface area (Å²) in [6.45, 7) is 6.25. The first-order valence-corrected chi connectivity index (χ1v) is 26.0. The molecule has 0 aliphatic heterocycles. The van der Waals surface area contributed by atoms with Crippen LogP contribution in [0.2, 0.25) is 0 Å². The fourth-order valence-electron chi connectivity index (χ4n) is 6.62. The van der Waals surface area contributed by atoms with Gasteiger partial charge in [0.2, 0.25) is 0 Å². The van der Waals surface area contributed by atoms with Crippen molar-refractivity contribution in [3.8, 4) is 0 Å². The van der Waals surface area contributed by atoms with Crippen molar-refractivity contribution in [3.63, 3.8) is 0 Å². The molecule has 0 radical (unpaired) electrons. The lowest BCUT2D eigenvalue weighted by Crippen LogP contribution is -2.30. The van der Waals surface area contributed by atoms with E-state index in [9.17, 15) is 14.4 Å². The summed E-state index contributed by atoms with van der Waals surface area (Å²) in [5.41, 5.74) is 0. The van der Waals surface area contributed by atoms with E-state index in [1.807, 2.05) is 0 Å². The molecule has 0 amide bonds. The van der Waals surface area contributed by atoms with Crippen LogP contribution in [-0.4, -0.2) is 37.2 Å². The van der Waals surface area contributed by atoms with Crippen molar-refractivity contribution in [1.82, 2.24) is 0 Å². The van der Waals surface area contributed by atoms with Crippen LogP contribution in [0.1, 0.15) is 213 Å². The standard InChI is InChI=1S/C59H94O6/c1-4-7-10-13-15-17-19-21-23-25-26-27-28-29-30-31-32-34-35-37-39-41-43-46-49-52-58(61)64-55-56(54-63-57(60)51-48-45-12-9-6-3)65-59(62)53-50-47-44-42-40-38-36-33-24-22-20-18-16-14-11-8-5-2/h7-8,10-11,15-18,21-24,26-27,29-30,36,38,42,44,56H,4-6,9,12-14,19-20,25,28,31-35,37,39-41,43,45-55H2,1-3H3/b10-7-,11-8-,17-15-,18-16-,23-21-,24-22-,27-26-,30-29-,38-36-,44-42-. The zero-order valence-corrected chi connectivity index (χ0v) is 41.7. The average Bonchev–Trinajstić information content (AvgIpc) is 3.30. The van der Waals surface area contributed by atoms with Crippen molar-refractivity contribution in [2.24, 2.45) is 0 Å². The summed E-state index contributed by atoms with van der Waals surface area (Å²) in [7, 11) is 0. The largest absolute Gasteiger partial charge is 0.462 e. The zero-order valence-electron chi connectivity index (χ0n) is 41.7. The van der Waals surface area contributed by atoms with Crippen molar-refractivity contribution < 1.29 is 28.6 Å². The third-order valence-corrected chi connectivity index (χ3v) is 10.5. The van der Waals surface area contributed by atoms with E-state index < -0.39 is 6.10 Å². The summed E-state index contributed by atoms with van der Waals surface area (Å²) in [6.07, 6.45) is 72.3. The van der Waals surface area contributed by atoms with E-state index in [2.05, 4.69) is 142 Å². The maximum Gasteiger partial charge on any atom is 0.306 e. The summed E-state index contributed by atoms with van der Waals surface area (Å²) < 4.78 is 16.6. The molecule has 0 N–H and O–H groups in total. The Morgan fingerprint density at radius 3 is 0.985 bits per heavy atom. The van der Waals surface area contributed by atoms with Gasteiger partial charge < -0.3 is 14.2 Å². The van der Waals surface area contributed by atoms with Crippen LogP contribution in [0, 0.1) is 0 Å². The number of hydrogen-bond acceptors (Lipinski definition) is 6. The number of ether oxygens (including phenoxy) is 3. The molecule has 0 bridgehead atoms. The highest BCUT2D eigenvalue weighted by Crippen LogP contribution is 2.13. The normalized spacial score (nSPS) is 13.1. The van der Waals surface area contributed by atoms with Crippen LogP contribution >= 0.6 is 0 Å². The molecule has 0 aromatic carbocycles. The van der Waals surface area contributed by atoms with E-state index in [-0.39, 0.29) is 37.5 Å². The van der Waals surface area contributed by atoms with Gasteiger partial charge in [-0.05, 0) is 103 Å². The van der Waals surface area contributed by atoms with Crippen LogP contribution in [0.3, 0.4) is 0 Å². The Bertz CT molecular complexity index is 1400. The third kappa shape index (κ3) is 50.7. The van der Waals surface area contributed by atoms with Crippen molar-refractivity contribution in [2.75, 3.05) is 13.2 Å². The highest BCUT2D eigenvalue weighted by Gasteiger charge is 2.19. The first-order valence-electron chi connectivity index (χ1n) is 26.0. The Kier molecular flexibility index (Phi) is 49.1. The van der Waals surface area contributed by atoms with Crippen LogP contribution in [-0.2, 0) is 28.6 Å². The lowest BCUT2D eigenvalue weighted by molar-refractivity contribution is -0.167. The predicted octanol–water partition coefficient (Wildman–Crippen LogP) is 17.3. The first-order chi connectivity index (χ1) is 32.0. The Balaban J connectivity index is 4.23. The second-order valence-electron chi connectivity index (χ2n) is 16.7. The highest BCUT2D eigenvalue weighted by molar-refractivity contribution is 5.71. The van der Waals surface area contributed by atoms with Gasteiger partial charge in [0.1, 0.15) is 13.2 Å². The Hall–Kier alpha value is -4.19. The van der Waals surface area contributed by atoms with E-state index in [0.717, 1.165) is 128 Å². The van der Waals surface area contributed by atoms with E-state index in [1.165, 1.54) is 38.5 Å². The predicted molar refractivity (Wildman–Crippen MR) is 279 cm³/mol. The summed E-state index contributed by atoms with van der Waals surface area (Å²) in [5.74, 6) is -0.993. The Labute approximate surface area is 399 Å². The van der Waals surface area contributed by atoms with Gasteiger partial charge in [0.25, 0.3) is 0 Å². The molecule has 366 valence electrons. The van der Waals surface area contributed by atoms with Gasteiger partial charge in [0, 0.05) is 19.3 Å². The molecule has 0 saturated carbocycles. The molecular formula is C59H94O6. The minimum Gasteiger partial charge on any atom is -0.462 e. The molecule has 6 nitrogen and oxygen atoms in total. The van der Waals surface area contributed by atoms with Gasteiger partial charge in [-0.2, -0.15) is 0 Å². The number of allylic oxidation sites excluding steroid dienone is 20. The minimum atomic E-state index is -0.809. The lowest BCUT2D eigenvalue weighted by atomic mass is 10.1. The molecule has 0 saturated heterocycles. The molecule has 0 spiro atoms. The molecule has 0 rings (SSSR count). The Morgan fingerprint density at radius 2 is 0.615 bits per heavy atom. The van der Waals surface area contributed by atoms with Gasteiger partial charge in [0.15, 0.2) is 6.10 Å². The smallest absolute Gasteiger partial charge is 0.306 e. The summed E-state index contributed by atoms with van der Waals surface area (Å²) in [5, 5.41) is 0. The highest BCUT2D eigenvalue weighted by atomic mass is 16.6. The van der Waals surface area contributed by atoms with Gasteiger partial charge >= 0.3 is 17.9 Å². The summed E-state index contributed by atoms with van der Waals surface area (Å²) >= 11 is 0. The molecule has 0 fully saturated rings. The van der Waals surface area contributed by atoms with E-state index in [4.69, 9.17) is 14.2 Å². The molecule has 0 aliphatic carbocycles. The molecular weight excluding hydrogens is 805 g/mol. The maximum absolute atomic E-state index is 12.7. The van der Waals surface area contributed by atoms with Gasteiger partial charge in [-0.15, -0.1) is 0 Å². The Morgan fingerprint density at radius 1 is 0.323 bits per heavy atom. The number of rotatable bonds is 45. The molecule has 0 heterocycles. The van der Waals surface area contributed by atoms with E-state index >= 15 is 0 Å². The van der Waals surface area contributed by atoms with Crippen molar-refractivity contribution in [1.29, 1.82) is 0 Å². The number of esters is 3. The maximum atomic E-state index is 12.7. The molecule has 0 aromatic heterocycles. The van der Waals surface area contributed by atoms with E-state index in [1.54, 1.807) is 0 Å². The van der Waals surface area contributed by atoms with Gasteiger partial charge in [-0.3, -0.25) is 14.4 Å². The molecule has 0 aliphatic rings. The number of carbonyl (C=O) groups excluding carboxylic acids is 3.